The third kappa shape index (κ3) is 13.9. The number of carbonyl (C=O) groups is 4. The second-order valence-corrected chi connectivity index (χ2v) is 22.6. The zero-order chi connectivity index (χ0) is 54.4. The van der Waals surface area contributed by atoms with Gasteiger partial charge in [-0.25, -0.2) is 9.59 Å². The van der Waals surface area contributed by atoms with Gasteiger partial charge in [-0.1, -0.05) is 71.0 Å². The number of Topliss-reactive ketones (excluding diaryl/α,β-unsaturated/α-hetero) is 1. The molecular weight excluding hydrogens is 967 g/mol. The monoisotopic (exact) mass is 1050 g/mol. The number of nitrogens with zero attached hydrogens (tertiary/aromatic N) is 1. The van der Waals surface area contributed by atoms with Crippen LogP contribution in [0.3, 0.4) is 0 Å². The van der Waals surface area contributed by atoms with Gasteiger partial charge in [0.25, 0.3) is 10.1 Å². The van der Waals surface area contributed by atoms with E-state index in [2.05, 4.69) is 0 Å². The van der Waals surface area contributed by atoms with E-state index in [0.29, 0.717) is 17.5 Å². The van der Waals surface area contributed by atoms with E-state index in [1.54, 1.807) is 116 Å². The number of carbonyl (C=O) groups excluding carboxylic acids is 4. The van der Waals surface area contributed by atoms with Gasteiger partial charge in [-0.15, -0.1) is 0 Å². The minimum absolute atomic E-state index is 0.00329. The number of rotatable bonds is 15. The minimum Gasteiger partial charge on any atom is -0.459 e. The molecule has 0 spiro atoms. The summed E-state index contributed by atoms with van der Waals surface area (Å²) in [6.07, 6.45) is -9.84. The molecule has 0 aliphatic carbocycles. The zero-order valence-corrected chi connectivity index (χ0v) is 46.1. The fourth-order valence-electron chi connectivity index (χ4n) is 11.0. The largest absolute Gasteiger partial charge is 0.459 e. The highest BCUT2D eigenvalue weighted by molar-refractivity contribution is 7.86. The number of aliphatic hydroxyl groups is 1. The summed E-state index contributed by atoms with van der Waals surface area (Å²) in [5.41, 5.74) is -4.18. The lowest BCUT2D eigenvalue weighted by Crippen LogP contribution is -2.62. The first-order valence-electron chi connectivity index (χ1n) is 25.4. The smallest absolute Gasteiger partial charge is 0.338 e. The second-order valence-electron chi connectivity index (χ2n) is 21.0. The Balaban J connectivity index is 1.68. The van der Waals surface area contributed by atoms with Gasteiger partial charge in [0.1, 0.15) is 29.2 Å². The molecule has 0 radical (unpaired) electrons. The van der Waals surface area contributed by atoms with Crippen molar-refractivity contribution < 1.29 is 79.5 Å². The number of methoxy groups -OCH3 is 2. The first-order chi connectivity index (χ1) is 34.2. The highest BCUT2D eigenvalue weighted by Crippen LogP contribution is 2.43. The summed E-state index contributed by atoms with van der Waals surface area (Å²) in [5, 5.41) is 12.6. The minimum atomic E-state index is -4.31. The van der Waals surface area contributed by atoms with Gasteiger partial charge < -0.3 is 52.6 Å². The van der Waals surface area contributed by atoms with Gasteiger partial charge in [-0.2, -0.15) is 8.42 Å². The summed E-state index contributed by atoms with van der Waals surface area (Å²) in [5.74, 6) is -6.74. The van der Waals surface area contributed by atoms with Crippen LogP contribution in [0.2, 0.25) is 0 Å². The Bertz CT molecular complexity index is 2270. The Morgan fingerprint density at radius 1 is 0.753 bits per heavy atom. The average molecular weight is 1050 g/mol. The van der Waals surface area contributed by atoms with Crippen LogP contribution in [0.4, 0.5) is 0 Å². The molecule has 3 fully saturated rings. The van der Waals surface area contributed by atoms with E-state index >= 15 is 0 Å². The molecule has 410 valence electrons. The first kappa shape index (κ1) is 60.0. The van der Waals surface area contributed by atoms with Gasteiger partial charge in [0.05, 0.1) is 59.4 Å². The number of likely N-dealkylation sites (N-methyl/N-ethyl adjacent to an activating group) is 1. The van der Waals surface area contributed by atoms with Gasteiger partial charge in [-0.3, -0.25) is 13.8 Å². The Kier molecular flexibility index (Phi) is 20.4. The van der Waals surface area contributed by atoms with Crippen LogP contribution in [0.25, 0.3) is 0 Å². The summed E-state index contributed by atoms with van der Waals surface area (Å²) in [4.78, 5) is 59.1. The van der Waals surface area contributed by atoms with E-state index in [1.165, 1.54) is 21.1 Å². The molecule has 2 aromatic carbocycles. The number of benzene rings is 2. The number of hydrogen-bond acceptors (Lipinski definition) is 18. The number of hydrogen-bond donors (Lipinski definition) is 1. The van der Waals surface area contributed by atoms with Crippen molar-refractivity contribution in [2.24, 2.45) is 23.7 Å². The molecule has 73 heavy (non-hydrogen) atoms. The molecule has 0 saturated carbocycles. The lowest BCUT2D eigenvalue weighted by atomic mass is 9.73. The van der Waals surface area contributed by atoms with E-state index in [4.69, 9.17) is 46.8 Å². The summed E-state index contributed by atoms with van der Waals surface area (Å²) < 4.78 is 90.2. The van der Waals surface area contributed by atoms with E-state index < -0.39 is 142 Å². The van der Waals surface area contributed by atoms with Crippen LogP contribution in [0.1, 0.15) is 122 Å². The topological polar surface area (TPSA) is 218 Å². The summed E-state index contributed by atoms with van der Waals surface area (Å²) >= 11 is 0. The van der Waals surface area contributed by atoms with E-state index in [-0.39, 0.29) is 25.7 Å². The SMILES string of the molecule is CC[C@H]1OC(=O)[C@H](C)[C@@H](OC2C[C@@](C)(OC)[C@@H](OC(=O)c3ccccc3)[C@H](C)O2)[C@H](C)[C@@H](OC2O[C@H](C)C[C@H](N(C)C)[C@H]2OC(=O)c2ccccc2)[C@](C)(OC)C[C@@H](C)C(=O)[C@H](C)[C@@H](OS(C)(=O)=O)[C@@]1(O)CC. The molecule has 3 saturated heterocycles. The molecule has 3 heterocycles. The molecule has 3 aliphatic rings. The summed E-state index contributed by atoms with van der Waals surface area (Å²) in [6.45, 7) is 17.0. The quantitative estimate of drug-likeness (QED) is 0.114. The highest BCUT2D eigenvalue weighted by atomic mass is 32.2. The van der Waals surface area contributed by atoms with Crippen molar-refractivity contribution in [1.29, 1.82) is 0 Å². The van der Waals surface area contributed by atoms with E-state index in [9.17, 15) is 32.7 Å². The lowest BCUT2D eigenvalue weighted by molar-refractivity contribution is -0.318. The Labute approximate surface area is 432 Å². The molecule has 2 aromatic rings. The van der Waals surface area contributed by atoms with Gasteiger partial charge in [0, 0.05) is 38.4 Å². The van der Waals surface area contributed by atoms with Crippen LogP contribution in [-0.2, 0) is 66.5 Å². The third-order valence-electron chi connectivity index (χ3n) is 15.3. The number of esters is 3. The molecule has 18 nitrogen and oxygen atoms in total. The highest BCUT2D eigenvalue weighted by Gasteiger charge is 2.56. The molecule has 0 aromatic heterocycles. The Hall–Kier alpha value is -3.89. The maximum absolute atomic E-state index is 15.0. The molecule has 18 atom stereocenters. The van der Waals surface area contributed by atoms with Crippen LogP contribution in [0.5, 0.6) is 0 Å². The van der Waals surface area contributed by atoms with Crippen LogP contribution in [0.15, 0.2) is 60.7 Å². The zero-order valence-electron chi connectivity index (χ0n) is 45.3. The average Bonchev–Trinajstić information content (AvgIpc) is 3.35. The molecule has 2 unspecified atom stereocenters. The van der Waals surface area contributed by atoms with Crippen molar-refractivity contribution in [3.05, 3.63) is 71.8 Å². The van der Waals surface area contributed by atoms with Gasteiger partial charge >= 0.3 is 17.9 Å². The van der Waals surface area contributed by atoms with Gasteiger partial charge in [-0.05, 0) is 98.7 Å². The van der Waals surface area contributed by atoms with Gasteiger partial charge in [0.2, 0.25) is 0 Å². The van der Waals surface area contributed by atoms with Crippen molar-refractivity contribution in [3.8, 4) is 0 Å². The fourth-order valence-corrected chi connectivity index (χ4v) is 11.8. The molecule has 0 amide bonds. The molecule has 19 heteroatoms. The maximum Gasteiger partial charge on any atom is 0.338 e. The molecular formula is C54H81NO17S. The lowest BCUT2D eigenvalue weighted by Gasteiger charge is -2.50. The van der Waals surface area contributed by atoms with Crippen molar-refractivity contribution in [2.75, 3.05) is 34.6 Å². The van der Waals surface area contributed by atoms with Gasteiger partial charge in [0.15, 0.2) is 24.8 Å². The van der Waals surface area contributed by atoms with Crippen LogP contribution >= 0.6 is 0 Å². The third-order valence-corrected chi connectivity index (χ3v) is 15.9. The Morgan fingerprint density at radius 3 is 1.81 bits per heavy atom. The molecule has 3 aliphatic heterocycles. The van der Waals surface area contributed by atoms with Crippen LogP contribution < -0.4 is 0 Å². The first-order valence-corrected chi connectivity index (χ1v) is 27.2. The van der Waals surface area contributed by atoms with Crippen molar-refractivity contribution in [1.82, 2.24) is 4.90 Å². The standard InChI is InChI=1S/C54H81NO17S/c1-16-40-54(60,17-2)46(72-73(15,61)62)33(5)42(56)31(3)29-52(9,63-13)45(71-51-44(39(55(11)12)28-32(4)65-51)69-49(58)37-24-20-18-21-25-37)34(6)43(35(7)48(57)67-40)68-41-30-53(10,64-14)47(36(8)66-41)70-50(59)38-26-22-19-23-27-38/h18-27,31-36,39-41,43-47,51,60H,16-17,28-30H2,1-15H3/t31-,32-,33+,34+,35-,36+,39+,40-,41?,43+,44-,45-,46-,47+,51?,52-,53-,54-/m1/s1. The summed E-state index contributed by atoms with van der Waals surface area (Å²) in [7, 11) is 2.39. The second kappa shape index (κ2) is 24.8. The van der Waals surface area contributed by atoms with Crippen molar-refractivity contribution >= 4 is 33.8 Å². The Morgan fingerprint density at radius 2 is 1.30 bits per heavy atom. The molecule has 1 N–H and O–H groups in total. The number of cyclic esters (lactones) is 1. The normalized spacial score (nSPS) is 38.2. The number of ketones is 1. The van der Waals surface area contributed by atoms with E-state index in [1.807, 2.05) is 25.9 Å². The summed E-state index contributed by atoms with van der Waals surface area (Å²) in [6, 6.07) is 16.7. The van der Waals surface area contributed by atoms with Crippen molar-refractivity contribution in [3.63, 3.8) is 0 Å². The molecule has 0 bridgehead atoms. The maximum atomic E-state index is 15.0. The van der Waals surface area contributed by atoms with Crippen LogP contribution in [-0.4, -0.2) is 161 Å². The predicted molar refractivity (Wildman–Crippen MR) is 269 cm³/mol. The molecule has 5 rings (SSSR count). The van der Waals surface area contributed by atoms with E-state index in [0.717, 1.165) is 6.26 Å². The fraction of sp³-hybridized carbons (Fsp3) is 0.704. The number of ether oxygens (including phenoxy) is 9. The van der Waals surface area contributed by atoms with Crippen LogP contribution in [0, 0.1) is 23.7 Å². The van der Waals surface area contributed by atoms with Crippen molar-refractivity contribution in [2.45, 2.75) is 186 Å². The predicted octanol–water partition coefficient (Wildman–Crippen LogP) is 6.54.